The predicted octanol–water partition coefficient (Wildman–Crippen LogP) is -0.213. The van der Waals surface area contributed by atoms with Crippen LogP contribution in [0.1, 0.15) is 6.23 Å². The number of alkyl halides is 1. The fourth-order valence-electron chi connectivity index (χ4n) is 1.89. The molecule has 2 heterocycles. The molecule has 1 aliphatic rings. The molecule has 1 aliphatic heterocycles. The van der Waals surface area contributed by atoms with Gasteiger partial charge in [0.15, 0.2) is 18.0 Å². The number of anilines is 1. The van der Waals surface area contributed by atoms with E-state index < -0.39 is 30.7 Å². The van der Waals surface area contributed by atoms with E-state index in [1.807, 2.05) is 0 Å². The Bertz CT molecular complexity index is 587. The number of nitrogen functional groups attached to an aromatic ring is 1. The summed E-state index contributed by atoms with van der Waals surface area (Å²) in [7, 11) is 0. The normalized spacial score (nSPS) is 34.1. The molecule has 0 aromatic carbocycles. The van der Waals surface area contributed by atoms with Crippen LogP contribution in [0.5, 0.6) is 0 Å². The van der Waals surface area contributed by atoms with E-state index in [9.17, 15) is 14.6 Å². The van der Waals surface area contributed by atoms with E-state index >= 15 is 0 Å². The maximum atomic E-state index is 14.1. The van der Waals surface area contributed by atoms with Crippen LogP contribution in [0.15, 0.2) is 12.3 Å². The van der Waals surface area contributed by atoms with Crippen LogP contribution in [-0.2, 0) is 4.74 Å². The molecule has 19 heavy (non-hydrogen) atoms. The molecule has 0 unspecified atom stereocenters. The number of terminal acetylenes is 1. The van der Waals surface area contributed by atoms with E-state index in [-0.39, 0.29) is 10.6 Å². The van der Waals surface area contributed by atoms with E-state index in [1.165, 1.54) is 16.8 Å². The number of nitrogens with zero attached hydrogens (tertiary/aromatic N) is 2. The van der Waals surface area contributed by atoms with E-state index in [2.05, 4.69) is 10.9 Å². The summed E-state index contributed by atoms with van der Waals surface area (Å²) in [6.07, 6.45) is 1.82. The summed E-state index contributed by atoms with van der Waals surface area (Å²) in [5, 5.41) is 19.0. The monoisotopic (exact) mass is 285 g/mol. The summed E-state index contributed by atoms with van der Waals surface area (Å²) in [4.78, 5) is 3.79. The number of aliphatic hydroxyl groups excluding tert-OH is 2. The third-order valence-electron chi connectivity index (χ3n) is 2.99. The van der Waals surface area contributed by atoms with Crippen LogP contribution < -0.4 is 5.73 Å². The van der Waals surface area contributed by atoms with Gasteiger partial charge < -0.3 is 20.7 Å². The molecule has 0 saturated carbocycles. The van der Waals surface area contributed by atoms with E-state index in [0.717, 1.165) is 0 Å². The molecular formula is C11H12FN3O3S. The second-order valence-electron chi connectivity index (χ2n) is 4.13. The Balaban J connectivity index is 2.43. The highest BCUT2D eigenvalue weighted by Crippen LogP contribution is 2.38. The van der Waals surface area contributed by atoms with Crippen molar-refractivity contribution in [2.45, 2.75) is 24.1 Å². The zero-order valence-electron chi connectivity index (χ0n) is 9.73. The number of rotatable bonds is 2. The Kier molecular flexibility index (Phi) is 3.56. The van der Waals surface area contributed by atoms with Crippen LogP contribution in [-0.4, -0.2) is 44.2 Å². The Hall–Kier alpha value is -1.53. The summed E-state index contributed by atoms with van der Waals surface area (Å²) in [5.74, 6) is 2.26. The minimum atomic E-state index is -1.85. The van der Waals surface area contributed by atoms with Gasteiger partial charge in [-0.15, -0.1) is 6.42 Å². The van der Waals surface area contributed by atoms with Gasteiger partial charge in [0.05, 0.1) is 6.61 Å². The fraction of sp³-hybridized carbons (Fsp3) is 0.455. The SMILES string of the molecule is C#C[C@]1(CO)O[C@@H](n2ccc(N)nc2=S)[C@@H](F)[C@H]1O. The Labute approximate surface area is 113 Å². The average molecular weight is 285 g/mol. The molecule has 1 aromatic heterocycles. The maximum Gasteiger partial charge on any atom is 0.203 e. The smallest absolute Gasteiger partial charge is 0.203 e. The largest absolute Gasteiger partial charge is 0.392 e. The van der Waals surface area contributed by atoms with Crippen molar-refractivity contribution >= 4 is 18.0 Å². The lowest BCUT2D eigenvalue weighted by Gasteiger charge is -2.23. The van der Waals surface area contributed by atoms with Gasteiger partial charge in [-0.3, -0.25) is 4.57 Å². The van der Waals surface area contributed by atoms with Crippen molar-refractivity contribution in [3.05, 3.63) is 17.0 Å². The highest BCUT2D eigenvalue weighted by Gasteiger charge is 2.55. The first-order chi connectivity index (χ1) is 8.95. The highest BCUT2D eigenvalue weighted by molar-refractivity contribution is 7.71. The van der Waals surface area contributed by atoms with Gasteiger partial charge >= 0.3 is 0 Å². The number of aromatic nitrogens is 2. The number of nitrogens with two attached hydrogens (primary N) is 1. The lowest BCUT2D eigenvalue weighted by Crippen LogP contribution is -2.44. The first kappa shape index (κ1) is 13.9. The van der Waals surface area contributed by atoms with Crippen LogP contribution >= 0.6 is 12.2 Å². The third kappa shape index (κ3) is 2.11. The van der Waals surface area contributed by atoms with Crippen molar-refractivity contribution in [1.29, 1.82) is 0 Å². The first-order valence-electron chi connectivity index (χ1n) is 5.38. The summed E-state index contributed by atoms with van der Waals surface area (Å²) >= 11 is 4.94. The molecule has 0 amide bonds. The van der Waals surface area contributed by atoms with Crippen molar-refractivity contribution in [1.82, 2.24) is 9.55 Å². The second-order valence-corrected chi connectivity index (χ2v) is 4.50. The lowest BCUT2D eigenvalue weighted by molar-refractivity contribution is -0.0917. The predicted molar refractivity (Wildman–Crippen MR) is 67.1 cm³/mol. The summed E-state index contributed by atoms with van der Waals surface area (Å²) in [6, 6.07) is 1.41. The standard InChI is InChI=1S/C11H12FN3O3S/c1-2-11(5-16)8(17)7(12)9(18-11)15-4-3-6(13)14-10(15)19/h1,3-4,7-9,16-17H,5H2,(H2,13,14,19)/t7-,8+,9+,11+/m0/s1. The lowest BCUT2D eigenvalue weighted by atomic mass is 9.98. The number of halogens is 1. The number of hydrogen-bond acceptors (Lipinski definition) is 6. The molecule has 8 heteroatoms. The molecule has 0 bridgehead atoms. The van der Waals surface area contributed by atoms with Crippen LogP contribution in [0.25, 0.3) is 0 Å². The van der Waals surface area contributed by atoms with Crippen LogP contribution in [0, 0.1) is 17.1 Å². The second kappa shape index (κ2) is 4.86. The van der Waals surface area contributed by atoms with Gasteiger partial charge in [0.1, 0.15) is 11.9 Å². The van der Waals surface area contributed by atoms with Gasteiger partial charge in [-0.2, -0.15) is 0 Å². The quantitative estimate of drug-likeness (QED) is 0.514. The van der Waals surface area contributed by atoms with Gasteiger partial charge in [0.25, 0.3) is 0 Å². The Morgan fingerprint density at radius 2 is 2.42 bits per heavy atom. The van der Waals surface area contributed by atoms with Gasteiger partial charge in [-0.05, 0) is 18.3 Å². The van der Waals surface area contributed by atoms with Crippen molar-refractivity contribution < 1.29 is 19.3 Å². The molecule has 1 fully saturated rings. The number of ether oxygens (including phenoxy) is 1. The van der Waals surface area contributed by atoms with Crippen LogP contribution in [0.2, 0.25) is 0 Å². The molecule has 0 spiro atoms. The molecule has 102 valence electrons. The topological polar surface area (TPSA) is 93.5 Å². The Morgan fingerprint density at radius 1 is 1.74 bits per heavy atom. The van der Waals surface area contributed by atoms with Crippen molar-refractivity contribution in [2.24, 2.45) is 0 Å². The fourth-order valence-corrected chi connectivity index (χ4v) is 2.16. The van der Waals surface area contributed by atoms with Gasteiger partial charge in [0, 0.05) is 6.20 Å². The van der Waals surface area contributed by atoms with E-state index in [4.69, 9.17) is 29.1 Å². The highest BCUT2D eigenvalue weighted by atomic mass is 32.1. The van der Waals surface area contributed by atoms with E-state index in [1.54, 1.807) is 0 Å². The van der Waals surface area contributed by atoms with Crippen LogP contribution in [0.4, 0.5) is 10.2 Å². The first-order valence-corrected chi connectivity index (χ1v) is 5.79. The average Bonchev–Trinajstić information content (AvgIpc) is 2.64. The molecule has 1 aromatic rings. The summed E-state index contributed by atoms with van der Waals surface area (Å²) < 4.78 is 20.6. The molecule has 6 nitrogen and oxygen atoms in total. The minimum absolute atomic E-state index is 0.00869. The van der Waals surface area contributed by atoms with Crippen LogP contribution in [0.3, 0.4) is 0 Å². The molecular weight excluding hydrogens is 273 g/mol. The maximum absolute atomic E-state index is 14.1. The minimum Gasteiger partial charge on any atom is -0.392 e. The molecule has 2 rings (SSSR count). The molecule has 0 aliphatic carbocycles. The van der Waals surface area contributed by atoms with E-state index in [0.29, 0.717) is 0 Å². The molecule has 1 saturated heterocycles. The summed E-state index contributed by atoms with van der Waals surface area (Å²) in [5.41, 5.74) is 3.65. The third-order valence-corrected chi connectivity index (χ3v) is 3.29. The summed E-state index contributed by atoms with van der Waals surface area (Å²) in [6.45, 7) is -0.711. The number of hydrogen-bond donors (Lipinski definition) is 3. The zero-order chi connectivity index (χ0) is 14.2. The van der Waals surface area contributed by atoms with Crippen molar-refractivity contribution in [3.8, 4) is 12.3 Å². The van der Waals surface area contributed by atoms with Crippen molar-refractivity contribution in [3.63, 3.8) is 0 Å². The van der Waals surface area contributed by atoms with Crippen molar-refractivity contribution in [2.75, 3.05) is 12.3 Å². The Morgan fingerprint density at radius 3 is 2.89 bits per heavy atom. The molecule has 4 atom stereocenters. The van der Waals surface area contributed by atoms with Gasteiger partial charge in [-0.25, -0.2) is 9.37 Å². The zero-order valence-corrected chi connectivity index (χ0v) is 10.5. The molecule has 4 N–H and O–H groups in total. The number of aliphatic hydroxyl groups is 2. The van der Waals surface area contributed by atoms with Gasteiger partial charge in [-0.1, -0.05) is 5.92 Å². The van der Waals surface area contributed by atoms with Gasteiger partial charge in [0.2, 0.25) is 4.77 Å². The molecule has 0 radical (unpaired) electrons.